The zero-order chi connectivity index (χ0) is 14.1. The molecule has 0 radical (unpaired) electrons. The number of rotatable bonds is 7. The second-order valence-corrected chi connectivity index (χ2v) is 5.92. The summed E-state index contributed by atoms with van der Waals surface area (Å²) in [5.41, 5.74) is 0.435. The molecule has 3 N–H and O–H groups in total. The molecule has 0 amide bonds. The van der Waals surface area contributed by atoms with Crippen molar-refractivity contribution in [1.82, 2.24) is 10.6 Å². The summed E-state index contributed by atoms with van der Waals surface area (Å²) in [6.07, 6.45) is 6.57. The minimum absolute atomic E-state index is 0. The van der Waals surface area contributed by atoms with Crippen molar-refractivity contribution in [2.24, 2.45) is 16.3 Å². The second kappa shape index (κ2) is 10.7. The van der Waals surface area contributed by atoms with Crippen LogP contribution in [0.25, 0.3) is 0 Å². The van der Waals surface area contributed by atoms with Gasteiger partial charge in [-0.2, -0.15) is 0 Å². The van der Waals surface area contributed by atoms with Gasteiger partial charge in [0, 0.05) is 26.2 Å². The van der Waals surface area contributed by atoms with E-state index in [0.717, 1.165) is 25.6 Å². The van der Waals surface area contributed by atoms with Crippen LogP contribution in [0, 0.1) is 11.3 Å². The minimum atomic E-state index is 0. The van der Waals surface area contributed by atoms with Crippen molar-refractivity contribution in [2.75, 3.05) is 26.2 Å². The average Bonchev–Trinajstić information content (AvgIpc) is 2.91. The maximum absolute atomic E-state index is 9.06. The Labute approximate surface area is 141 Å². The van der Waals surface area contributed by atoms with Gasteiger partial charge in [-0.3, -0.25) is 4.99 Å². The quantitative estimate of drug-likeness (QED) is 0.352. The van der Waals surface area contributed by atoms with E-state index in [1.165, 1.54) is 32.1 Å². The molecular weight excluding hydrogens is 365 g/mol. The van der Waals surface area contributed by atoms with Crippen LogP contribution in [-0.2, 0) is 0 Å². The molecule has 20 heavy (non-hydrogen) atoms. The normalized spacial score (nSPS) is 19.3. The fourth-order valence-corrected chi connectivity index (χ4v) is 2.67. The Bertz CT molecular complexity index is 278. The van der Waals surface area contributed by atoms with E-state index in [2.05, 4.69) is 24.5 Å². The van der Waals surface area contributed by atoms with Crippen molar-refractivity contribution >= 4 is 29.9 Å². The van der Waals surface area contributed by atoms with Gasteiger partial charge in [-0.15, -0.1) is 24.0 Å². The molecule has 0 aromatic carbocycles. The Morgan fingerprint density at radius 2 is 1.90 bits per heavy atom. The molecule has 120 valence electrons. The summed E-state index contributed by atoms with van der Waals surface area (Å²) >= 11 is 0. The maximum Gasteiger partial charge on any atom is 0.191 e. The fourth-order valence-electron chi connectivity index (χ4n) is 2.67. The van der Waals surface area contributed by atoms with Gasteiger partial charge < -0.3 is 15.7 Å². The van der Waals surface area contributed by atoms with Crippen molar-refractivity contribution in [3.63, 3.8) is 0 Å². The summed E-state index contributed by atoms with van der Waals surface area (Å²) in [6.45, 7) is 9.17. The summed E-state index contributed by atoms with van der Waals surface area (Å²) in [5.74, 6) is 1.15. The average molecular weight is 397 g/mol. The number of aliphatic hydroxyl groups is 1. The van der Waals surface area contributed by atoms with Crippen LogP contribution in [-0.4, -0.2) is 37.3 Å². The number of hydrogen-bond acceptors (Lipinski definition) is 2. The monoisotopic (exact) mass is 397 g/mol. The van der Waals surface area contributed by atoms with E-state index in [1.54, 1.807) is 0 Å². The summed E-state index contributed by atoms with van der Waals surface area (Å²) in [6, 6.07) is 0. The van der Waals surface area contributed by atoms with Crippen LogP contribution in [0.1, 0.15) is 52.9 Å². The third kappa shape index (κ3) is 6.61. The number of aliphatic imine (C=N–C) groups is 1. The molecule has 4 nitrogen and oxygen atoms in total. The lowest BCUT2D eigenvalue weighted by molar-refractivity contribution is 0.238. The molecular formula is C15H32IN3O. The predicted octanol–water partition coefficient (Wildman–Crippen LogP) is 2.76. The third-order valence-corrected chi connectivity index (χ3v) is 4.26. The molecule has 5 heteroatoms. The van der Waals surface area contributed by atoms with Gasteiger partial charge in [0.1, 0.15) is 0 Å². The molecule has 0 spiro atoms. The fraction of sp³-hybridized carbons (Fsp3) is 0.933. The minimum Gasteiger partial charge on any atom is -0.396 e. The highest BCUT2D eigenvalue weighted by Crippen LogP contribution is 2.41. The zero-order valence-electron chi connectivity index (χ0n) is 13.2. The molecule has 0 saturated heterocycles. The van der Waals surface area contributed by atoms with E-state index in [0.29, 0.717) is 5.41 Å². The van der Waals surface area contributed by atoms with Crippen molar-refractivity contribution in [1.29, 1.82) is 0 Å². The highest BCUT2D eigenvalue weighted by molar-refractivity contribution is 14.0. The van der Waals surface area contributed by atoms with Crippen LogP contribution in [0.2, 0.25) is 0 Å². The van der Waals surface area contributed by atoms with Gasteiger partial charge in [0.2, 0.25) is 0 Å². The number of nitrogens with zero attached hydrogens (tertiary/aromatic N) is 1. The lowest BCUT2D eigenvalue weighted by Crippen LogP contribution is -2.40. The topological polar surface area (TPSA) is 56.7 Å². The first kappa shape index (κ1) is 20.0. The van der Waals surface area contributed by atoms with E-state index >= 15 is 0 Å². The molecule has 1 rings (SSSR count). The molecule has 1 unspecified atom stereocenters. The van der Waals surface area contributed by atoms with E-state index in [-0.39, 0.29) is 36.5 Å². The number of halogens is 1. The SMILES string of the molecule is CCNC(=NCC1(CC)CCCC1)NCC(C)CO.I. The highest BCUT2D eigenvalue weighted by Gasteiger charge is 2.31. The van der Waals surface area contributed by atoms with Crippen LogP contribution in [0.5, 0.6) is 0 Å². The lowest BCUT2D eigenvalue weighted by atomic mass is 9.84. The lowest BCUT2D eigenvalue weighted by Gasteiger charge is -2.25. The number of aliphatic hydroxyl groups excluding tert-OH is 1. The summed E-state index contributed by atoms with van der Waals surface area (Å²) in [4.78, 5) is 4.76. The second-order valence-electron chi connectivity index (χ2n) is 5.92. The van der Waals surface area contributed by atoms with E-state index in [9.17, 15) is 0 Å². The van der Waals surface area contributed by atoms with Crippen molar-refractivity contribution in [3.8, 4) is 0 Å². The first-order chi connectivity index (χ1) is 9.15. The molecule has 1 saturated carbocycles. The number of hydrogen-bond donors (Lipinski definition) is 3. The van der Waals surface area contributed by atoms with Gasteiger partial charge in [0.05, 0.1) is 0 Å². The van der Waals surface area contributed by atoms with Gasteiger partial charge in [-0.25, -0.2) is 0 Å². The Balaban J connectivity index is 0.00000361. The molecule has 1 atom stereocenters. The summed E-state index contributed by atoms with van der Waals surface area (Å²) in [7, 11) is 0. The Kier molecular flexibility index (Phi) is 10.6. The van der Waals surface area contributed by atoms with Crippen molar-refractivity contribution < 1.29 is 5.11 Å². The molecule has 1 fully saturated rings. The summed E-state index contributed by atoms with van der Waals surface area (Å²) < 4.78 is 0. The maximum atomic E-state index is 9.06. The Morgan fingerprint density at radius 3 is 2.40 bits per heavy atom. The van der Waals surface area contributed by atoms with Gasteiger partial charge in [-0.1, -0.05) is 26.7 Å². The van der Waals surface area contributed by atoms with Crippen molar-refractivity contribution in [2.45, 2.75) is 52.9 Å². The predicted molar refractivity (Wildman–Crippen MR) is 96.8 cm³/mol. The number of guanidine groups is 1. The number of nitrogens with one attached hydrogen (secondary N) is 2. The van der Waals surface area contributed by atoms with E-state index < -0.39 is 0 Å². The standard InChI is InChI=1S/C15H31N3O.HI/c1-4-15(8-6-7-9-15)12-18-14(16-5-2)17-10-13(3)11-19;/h13,19H,4-12H2,1-3H3,(H2,16,17,18);1H. The molecule has 0 aromatic heterocycles. The van der Waals surface area contributed by atoms with Crippen LogP contribution in [0.3, 0.4) is 0 Å². The zero-order valence-corrected chi connectivity index (χ0v) is 15.6. The molecule has 0 bridgehead atoms. The van der Waals surface area contributed by atoms with Crippen LogP contribution >= 0.6 is 24.0 Å². The Morgan fingerprint density at radius 1 is 1.25 bits per heavy atom. The molecule has 0 aliphatic heterocycles. The molecule has 1 aliphatic rings. The molecule has 0 aromatic rings. The summed E-state index contributed by atoms with van der Waals surface area (Å²) in [5, 5.41) is 15.7. The van der Waals surface area contributed by atoms with E-state index in [1.807, 2.05) is 6.92 Å². The smallest absolute Gasteiger partial charge is 0.191 e. The third-order valence-electron chi connectivity index (χ3n) is 4.26. The van der Waals surface area contributed by atoms with Crippen LogP contribution in [0.4, 0.5) is 0 Å². The van der Waals surface area contributed by atoms with Gasteiger partial charge in [-0.05, 0) is 37.5 Å². The molecule has 1 aliphatic carbocycles. The largest absolute Gasteiger partial charge is 0.396 e. The van der Waals surface area contributed by atoms with Crippen LogP contribution in [0.15, 0.2) is 4.99 Å². The van der Waals surface area contributed by atoms with Crippen molar-refractivity contribution in [3.05, 3.63) is 0 Å². The highest BCUT2D eigenvalue weighted by atomic mass is 127. The first-order valence-corrected chi connectivity index (χ1v) is 7.79. The van der Waals surface area contributed by atoms with Gasteiger partial charge in [0.25, 0.3) is 0 Å². The van der Waals surface area contributed by atoms with E-state index in [4.69, 9.17) is 10.1 Å². The van der Waals surface area contributed by atoms with Gasteiger partial charge >= 0.3 is 0 Å². The Hall–Kier alpha value is -0.0400. The van der Waals surface area contributed by atoms with Gasteiger partial charge in [0.15, 0.2) is 5.96 Å². The van der Waals surface area contributed by atoms with Crippen LogP contribution < -0.4 is 10.6 Å². The first-order valence-electron chi connectivity index (χ1n) is 7.79. The molecule has 0 heterocycles.